The standard InChI is InChI=1S/C13H17ClN2O3/c1-7(2)9(6-15)12(17)16-11-5-8(13(18)19)3-4-10(11)14/h3-5,7,9H,6,15H2,1-2H3,(H,16,17)(H,18,19). The molecule has 0 heterocycles. The van der Waals surface area contributed by atoms with Crippen molar-refractivity contribution in [2.45, 2.75) is 13.8 Å². The number of halogens is 1. The first-order chi connectivity index (χ1) is 8.86. The monoisotopic (exact) mass is 284 g/mol. The Balaban J connectivity index is 2.95. The van der Waals surface area contributed by atoms with Gasteiger partial charge in [0.1, 0.15) is 0 Å². The summed E-state index contributed by atoms with van der Waals surface area (Å²) in [5.41, 5.74) is 5.90. The summed E-state index contributed by atoms with van der Waals surface area (Å²) in [4.78, 5) is 22.9. The molecule has 0 radical (unpaired) electrons. The highest BCUT2D eigenvalue weighted by Gasteiger charge is 2.21. The van der Waals surface area contributed by atoms with Crippen molar-refractivity contribution in [3.63, 3.8) is 0 Å². The lowest BCUT2D eigenvalue weighted by Gasteiger charge is -2.18. The summed E-state index contributed by atoms with van der Waals surface area (Å²) >= 11 is 5.93. The van der Waals surface area contributed by atoms with Crippen molar-refractivity contribution in [3.05, 3.63) is 28.8 Å². The molecule has 1 rings (SSSR count). The number of benzene rings is 1. The Labute approximate surface area is 116 Å². The summed E-state index contributed by atoms with van der Waals surface area (Å²) in [5, 5.41) is 11.8. The largest absolute Gasteiger partial charge is 0.478 e. The maximum atomic E-state index is 12.0. The summed E-state index contributed by atoms with van der Waals surface area (Å²) in [5.74, 6) is -1.59. The highest BCUT2D eigenvalue weighted by Crippen LogP contribution is 2.24. The fourth-order valence-electron chi connectivity index (χ4n) is 1.66. The van der Waals surface area contributed by atoms with Gasteiger partial charge in [0.05, 0.1) is 22.2 Å². The number of nitrogens with two attached hydrogens (primary N) is 1. The van der Waals surface area contributed by atoms with Crippen molar-refractivity contribution in [1.29, 1.82) is 0 Å². The minimum atomic E-state index is -1.08. The highest BCUT2D eigenvalue weighted by atomic mass is 35.5. The van der Waals surface area contributed by atoms with Gasteiger partial charge in [-0.2, -0.15) is 0 Å². The number of carbonyl (C=O) groups is 2. The summed E-state index contributed by atoms with van der Waals surface area (Å²) in [7, 11) is 0. The van der Waals surface area contributed by atoms with Crippen LogP contribution in [0, 0.1) is 11.8 Å². The molecule has 1 aromatic carbocycles. The third kappa shape index (κ3) is 3.94. The topological polar surface area (TPSA) is 92.4 Å². The lowest BCUT2D eigenvalue weighted by atomic mass is 9.95. The van der Waals surface area contributed by atoms with E-state index in [2.05, 4.69) is 5.32 Å². The number of hydrogen-bond donors (Lipinski definition) is 3. The van der Waals surface area contributed by atoms with Crippen LogP contribution in [0.15, 0.2) is 18.2 Å². The van der Waals surface area contributed by atoms with E-state index in [4.69, 9.17) is 22.4 Å². The van der Waals surface area contributed by atoms with Crippen molar-refractivity contribution in [2.75, 3.05) is 11.9 Å². The summed E-state index contributed by atoms with van der Waals surface area (Å²) in [6.07, 6.45) is 0. The number of carboxylic acids is 1. The molecule has 0 aliphatic heterocycles. The molecule has 1 amide bonds. The van der Waals surface area contributed by atoms with Gasteiger partial charge >= 0.3 is 5.97 Å². The number of rotatable bonds is 5. The van der Waals surface area contributed by atoms with E-state index in [1.54, 1.807) is 0 Å². The Hall–Kier alpha value is -1.59. The molecule has 0 spiro atoms. The van der Waals surface area contributed by atoms with Crippen LogP contribution in [0.2, 0.25) is 5.02 Å². The quantitative estimate of drug-likeness (QED) is 0.773. The van der Waals surface area contributed by atoms with Crippen LogP contribution in [0.4, 0.5) is 5.69 Å². The maximum absolute atomic E-state index is 12.0. The number of carbonyl (C=O) groups excluding carboxylic acids is 1. The van der Waals surface area contributed by atoms with Crippen LogP contribution >= 0.6 is 11.6 Å². The van der Waals surface area contributed by atoms with Gasteiger partial charge in [0.2, 0.25) is 5.91 Å². The van der Waals surface area contributed by atoms with E-state index in [1.165, 1.54) is 18.2 Å². The van der Waals surface area contributed by atoms with E-state index in [9.17, 15) is 9.59 Å². The number of anilines is 1. The molecule has 1 unspecified atom stereocenters. The van der Waals surface area contributed by atoms with Crippen LogP contribution < -0.4 is 11.1 Å². The zero-order chi connectivity index (χ0) is 14.6. The lowest BCUT2D eigenvalue weighted by Crippen LogP contribution is -2.33. The molecule has 0 aliphatic rings. The molecular formula is C13H17ClN2O3. The molecule has 4 N–H and O–H groups in total. The van der Waals surface area contributed by atoms with E-state index in [0.29, 0.717) is 0 Å². The van der Waals surface area contributed by atoms with Crippen LogP contribution in [0.25, 0.3) is 0 Å². The maximum Gasteiger partial charge on any atom is 0.335 e. The van der Waals surface area contributed by atoms with Crippen molar-refractivity contribution in [3.8, 4) is 0 Å². The van der Waals surface area contributed by atoms with Crippen molar-refractivity contribution < 1.29 is 14.7 Å². The molecule has 104 valence electrons. The summed E-state index contributed by atoms with van der Waals surface area (Å²) < 4.78 is 0. The third-order valence-corrected chi connectivity index (χ3v) is 3.20. The van der Waals surface area contributed by atoms with E-state index in [1.807, 2.05) is 13.8 Å². The van der Waals surface area contributed by atoms with Gasteiger partial charge in [-0.15, -0.1) is 0 Å². The van der Waals surface area contributed by atoms with Gasteiger partial charge in [0.15, 0.2) is 0 Å². The van der Waals surface area contributed by atoms with Crippen molar-refractivity contribution in [2.24, 2.45) is 17.6 Å². The molecule has 0 aromatic heterocycles. The number of carboxylic acid groups (broad SMARTS) is 1. The van der Waals surface area contributed by atoms with Crippen LogP contribution in [0.3, 0.4) is 0 Å². The predicted molar refractivity (Wildman–Crippen MR) is 74.4 cm³/mol. The normalized spacial score (nSPS) is 12.3. The molecule has 1 atom stereocenters. The van der Waals surface area contributed by atoms with Gasteiger partial charge in [-0.3, -0.25) is 4.79 Å². The molecule has 5 nitrogen and oxygen atoms in total. The predicted octanol–water partition coefficient (Wildman–Crippen LogP) is 2.21. The molecule has 0 aliphatic carbocycles. The Kier molecular flexibility index (Phi) is 5.32. The molecule has 0 saturated heterocycles. The first-order valence-electron chi connectivity index (χ1n) is 5.90. The number of aromatic carboxylic acids is 1. The SMILES string of the molecule is CC(C)C(CN)C(=O)Nc1cc(C(=O)O)ccc1Cl. The second-order valence-corrected chi connectivity index (χ2v) is 4.98. The zero-order valence-corrected chi connectivity index (χ0v) is 11.6. The molecule has 19 heavy (non-hydrogen) atoms. The smallest absolute Gasteiger partial charge is 0.335 e. The molecular weight excluding hydrogens is 268 g/mol. The molecule has 6 heteroatoms. The second kappa shape index (κ2) is 6.54. The summed E-state index contributed by atoms with van der Waals surface area (Å²) in [6.45, 7) is 4.01. The fourth-order valence-corrected chi connectivity index (χ4v) is 1.83. The van der Waals surface area contributed by atoms with E-state index >= 15 is 0 Å². The van der Waals surface area contributed by atoms with Gasteiger partial charge in [0.25, 0.3) is 0 Å². The molecule has 0 bridgehead atoms. The van der Waals surface area contributed by atoms with Gasteiger partial charge < -0.3 is 16.2 Å². The zero-order valence-electron chi connectivity index (χ0n) is 10.8. The number of amides is 1. The fraction of sp³-hybridized carbons (Fsp3) is 0.385. The van der Waals surface area contributed by atoms with Gasteiger partial charge in [-0.1, -0.05) is 25.4 Å². The average molecular weight is 285 g/mol. The Morgan fingerprint density at radius 3 is 2.53 bits per heavy atom. The summed E-state index contributed by atoms with van der Waals surface area (Å²) in [6, 6.07) is 4.15. The first kappa shape index (κ1) is 15.5. The number of hydrogen-bond acceptors (Lipinski definition) is 3. The Bertz CT molecular complexity index is 489. The van der Waals surface area contributed by atoms with E-state index in [-0.39, 0.29) is 40.6 Å². The molecule has 0 fully saturated rings. The Morgan fingerprint density at radius 2 is 2.05 bits per heavy atom. The second-order valence-electron chi connectivity index (χ2n) is 4.58. The number of nitrogens with one attached hydrogen (secondary N) is 1. The van der Waals surface area contributed by atoms with Crippen molar-refractivity contribution >= 4 is 29.2 Å². The third-order valence-electron chi connectivity index (χ3n) is 2.87. The van der Waals surface area contributed by atoms with Crippen LogP contribution in [0.1, 0.15) is 24.2 Å². The van der Waals surface area contributed by atoms with Gasteiger partial charge in [0, 0.05) is 6.54 Å². The average Bonchev–Trinajstić information content (AvgIpc) is 2.31. The van der Waals surface area contributed by atoms with Crippen LogP contribution in [0.5, 0.6) is 0 Å². The van der Waals surface area contributed by atoms with Gasteiger partial charge in [-0.25, -0.2) is 4.79 Å². The minimum absolute atomic E-state index is 0.0635. The van der Waals surface area contributed by atoms with E-state index < -0.39 is 5.97 Å². The molecule has 1 aromatic rings. The van der Waals surface area contributed by atoms with Crippen LogP contribution in [-0.2, 0) is 4.79 Å². The minimum Gasteiger partial charge on any atom is -0.478 e. The first-order valence-corrected chi connectivity index (χ1v) is 6.28. The van der Waals surface area contributed by atoms with Gasteiger partial charge in [-0.05, 0) is 24.1 Å². The van der Waals surface area contributed by atoms with E-state index in [0.717, 1.165) is 0 Å². The Morgan fingerprint density at radius 1 is 1.42 bits per heavy atom. The molecule has 0 saturated carbocycles. The van der Waals surface area contributed by atoms with Crippen LogP contribution in [-0.4, -0.2) is 23.5 Å². The van der Waals surface area contributed by atoms with Crippen molar-refractivity contribution in [1.82, 2.24) is 0 Å². The highest BCUT2D eigenvalue weighted by molar-refractivity contribution is 6.33. The lowest BCUT2D eigenvalue weighted by molar-refractivity contribution is -0.120.